The van der Waals surface area contributed by atoms with Crippen LogP contribution in [0.25, 0.3) is 17.1 Å². The van der Waals surface area contributed by atoms with Gasteiger partial charge in [-0.25, -0.2) is 0 Å². The summed E-state index contributed by atoms with van der Waals surface area (Å²) in [7, 11) is 1.69. The second-order valence-electron chi connectivity index (χ2n) is 5.10. The number of hydrogen-bond donors (Lipinski definition) is 0. The van der Waals surface area contributed by atoms with Crippen molar-refractivity contribution in [1.82, 2.24) is 19.7 Å². The molecule has 0 fully saturated rings. The van der Waals surface area contributed by atoms with Crippen LogP contribution in [0.15, 0.2) is 47.9 Å². The molecule has 3 aromatic rings. The molecule has 0 amide bonds. The van der Waals surface area contributed by atoms with E-state index in [1.165, 1.54) is 0 Å². The van der Waals surface area contributed by atoms with Crippen molar-refractivity contribution in [2.45, 2.75) is 12.1 Å². The molecule has 0 unspecified atom stereocenters. The van der Waals surface area contributed by atoms with Crippen LogP contribution in [0.2, 0.25) is 5.02 Å². The van der Waals surface area contributed by atoms with Gasteiger partial charge in [-0.2, -0.15) is 0 Å². The third kappa shape index (κ3) is 3.45. The number of ether oxygens (including phenoxy) is 1. The first-order valence-corrected chi connectivity index (χ1v) is 8.81. The molecule has 0 bridgehead atoms. The zero-order chi connectivity index (χ0) is 16.9. The highest BCUT2D eigenvalue weighted by atomic mass is 35.5. The Bertz CT molecular complexity index is 823. The number of pyridine rings is 1. The van der Waals surface area contributed by atoms with Crippen LogP contribution >= 0.6 is 23.4 Å². The molecule has 5 nitrogen and oxygen atoms in total. The van der Waals surface area contributed by atoms with E-state index in [-0.39, 0.29) is 0 Å². The third-order valence-electron chi connectivity index (χ3n) is 3.57. The Labute approximate surface area is 150 Å². The third-order valence-corrected chi connectivity index (χ3v) is 4.87. The van der Waals surface area contributed by atoms with Crippen LogP contribution in [0.1, 0.15) is 5.56 Å². The number of methoxy groups -OCH3 is 1. The fourth-order valence-corrected chi connectivity index (χ4v) is 3.34. The Morgan fingerprint density at radius 1 is 1.17 bits per heavy atom. The first-order chi connectivity index (χ1) is 11.7. The molecular formula is C17H17ClN4OS. The summed E-state index contributed by atoms with van der Waals surface area (Å²) in [4.78, 5) is 4.07. The molecule has 0 radical (unpaired) electrons. The first-order valence-electron chi connectivity index (χ1n) is 7.45. The molecule has 0 aliphatic carbocycles. The molecule has 1 aromatic carbocycles. The predicted octanol–water partition coefficient (Wildman–Crippen LogP) is 4.03. The molecule has 0 aliphatic rings. The van der Waals surface area contributed by atoms with Crippen molar-refractivity contribution in [1.29, 1.82) is 0 Å². The monoisotopic (exact) mass is 360 g/mol. The van der Waals surface area contributed by atoms with Gasteiger partial charge in [0, 0.05) is 35.8 Å². The number of halogens is 1. The van der Waals surface area contributed by atoms with Gasteiger partial charge in [0.1, 0.15) is 0 Å². The summed E-state index contributed by atoms with van der Waals surface area (Å²) >= 11 is 7.92. The maximum absolute atomic E-state index is 6.32. The first kappa shape index (κ1) is 17.0. The molecule has 0 aliphatic heterocycles. The van der Waals surface area contributed by atoms with Gasteiger partial charge in [0.2, 0.25) is 0 Å². The molecule has 7 heteroatoms. The Morgan fingerprint density at radius 2 is 1.96 bits per heavy atom. The van der Waals surface area contributed by atoms with Gasteiger partial charge in [0.15, 0.2) is 11.0 Å². The Balaban J connectivity index is 2.12. The molecule has 3 rings (SSSR count). The zero-order valence-electron chi connectivity index (χ0n) is 13.4. The molecule has 0 atom stereocenters. The summed E-state index contributed by atoms with van der Waals surface area (Å²) in [5.74, 6) is 1.56. The number of thioether (sulfide) groups is 1. The summed E-state index contributed by atoms with van der Waals surface area (Å²) in [6.45, 7) is 2.65. The molecule has 0 spiro atoms. The lowest BCUT2D eigenvalue weighted by molar-refractivity contribution is 0.218. The lowest BCUT2D eigenvalue weighted by Gasteiger charge is -2.13. The minimum absolute atomic E-state index is 0.649. The topological polar surface area (TPSA) is 52.8 Å². The normalized spacial score (nSPS) is 11.0. The number of nitrogens with zero attached hydrogens (tertiary/aromatic N) is 4. The van der Waals surface area contributed by atoms with Crippen molar-refractivity contribution in [2.24, 2.45) is 0 Å². The van der Waals surface area contributed by atoms with Gasteiger partial charge in [0.25, 0.3) is 0 Å². The number of benzene rings is 1. The number of aromatic nitrogens is 4. The SMILES string of the molecule is COCCSc1nnc(-c2ccncc2)n1-c1cccc(Cl)c1C. The van der Waals surface area contributed by atoms with E-state index in [1.54, 1.807) is 31.3 Å². The van der Waals surface area contributed by atoms with Gasteiger partial charge in [-0.05, 0) is 36.8 Å². The second-order valence-corrected chi connectivity index (χ2v) is 6.57. The van der Waals surface area contributed by atoms with Crippen LogP contribution in [0, 0.1) is 6.92 Å². The van der Waals surface area contributed by atoms with Gasteiger partial charge < -0.3 is 4.74 Å². The van der Waals surface area contributed by atoms with Gasteiger partial charge in [-0.1, -0.05) is 29.4 Å². The summed E-state index contributed by atoms with van der Waals surface area (Å²) in [5.41, 5.74) is 2.91. The fourth-order valence-electron chi connectivity index (χ4n) is 2.32. The predicted molar refractivity (Wildman–Crippen MR) is 96.9 cm³/mol. The second kappa shape index (κ2) is 7.79. The van der Waals surface area contributed by atoms with E-state index in [1.807, 2.05) is 41.8 Å². The molecule has 0 N–H and O–H groups in total. The standard InChI is InChI=1S/C17H17ClN4OS/c1-12-14(18)4-3-5-15(12)22-16(13-6-8-19-9-7-13)20-21-17(22)24-11-10-23-2/h3-9H,10-11H2,1-2H3. The summed E-state index contributed by atoms with van der Waals surface area (Å²) < 4.78 is 7.17. The van der Waals surface area contributed by atoms with Crippen LogP contribution in [0.5, 0.6) is 0 Å². The van der Waals surface area contributed by atoms with Crippen LogP contribution < -0.4 is 0 Å². The van der Waals surface area contributed by atoms with Crippen molar-refractivity contribution >= 4 is 23.4 Å². The quantitative estimate of drug-likeness (QED) is 0.490. The lowest BCUT2D eigenvalue weighted by Crippen LogP contribution is -2.03. The molecule has 2 aromatic heterocycles. The Kier molecular flexibility index (Phi) is 5.50. The summed E-state index contributed by atoms with van der Waals surface area (Å²) in [6.07, 6.45) is 3.49. The minimum Gasteiger partial charge on any atom is -0.384 e. The van der Waals surface area contributed by atoms with Crippen molar-refractivity contribution < 1.29 is 4.74 Å². The zero-order valence-corrected chi connectivity index (χ0v) is 15.0. The van der Waals surface area contributed by atoms with E-state index in [9.17, 15) is 0 Å². The van der Waals surface area contributed by atoms with Crippen molar-refractivity contribution in [3.8, 4) is 17.1 Å². The van der Waals surface area contributed by atoms with Crippen molar-refractivity contribution in [3.63, 3.8) is 0 Å². The molecule has 0 saturated carbocycles. The van der Waals surface area contributed by atoms with Crippen LogP contribution in [0.4, 0.5) is 0 Å². The molecule has 124 valence electrons. The number of rotatable bonds is 6. The van der Waals surface area contributed by atoms with Crippen molar-refractivity contribution in [2.75, 3.05) is 19.5 Å². The van der Waals surface area contributed by atoms with Gasteiger partial charge in [0.05, 0.1) is 12.3 Å². The summed E-state index contributed by atoms with van der Waals surface area (Å²) in [5, 5.41) is 10.3. The van der Waals surface area contributed by atoms with Crippen LogP contribution in [-0.4, -0.2) is 39.2 Å². The molecule has 0 saturated heterocycles. The average Bonchev–Trinajstić information content (AvgIpc) is 3.02. The van der Waals surface area contributed by atoms with Gasteiger partial charge in [-0.3, -0.25) is 9.55 Å². The van der Waals surface area contributed by atoms with Gasteiger partial charge >= 0.3 is 0 Å². The summed E-state index contributed by atoms with van der Waals surface area (Å²) in [6, 6.07) is 9.68. The van der Waals surface area contributed by atoms with E-state index in [4.69, 9.17) is 16.3 Å². The number of hydrogen-bond acceptors (Lipinski definition) is 5. The maximum atomic E-state index is 6.32. The highest BCUT2D eigenvalue weighted by Gasteiger charge is 2.18. The van der Waals surface area contributed by atoms with E-state index < -0.39 is 0 Å². The molecule has 24 heavy (non-hydrogen) atoms. The Hall–Kier alpha value is -1.89. The fraction of sp³-hybridized carbons (Fsp3) is 0.235. The van der Waals surface area contributed by atoms with E-state index in [0.717, 1.165) is 38.6 Å². The molecular weight excluding hydrogens is 344 g/mol. The van der Waals surface area contributed by atoms with Crippen LogP contribution in [-0.2, 0) is 4.74 Å². The highest BCUT2D eigenvalue weighted by molar-refractivity contribution is 7.99. The lowest BCUT2D eigenvalue weighted by atomic mass is 10.2. The van der Waals surface area contributed by atoms with Crippen molar-refractivity contribution in [3.05, 3.63) is 53.3 Å². The maximum Gasteiger partial charge on any atom is 0.196 e. The molecule has 2 heterocycles. The van der Waals surface area contributed by atoms with E-state index >= 15 is 0 Å². The van der Waals surface area contributed by atoms with E-state index in [0.29, 0.717) is 6.61 Å². The minimum atomic E-state index is 0.649. The average molecular weight is 361 g/mol. The van der Waals surface area contributed by atoms with E-state index in [2.05, 4.69) is 15.2 Å². The van der Waals surface area contributed by atoms with Gasteiger partial charge in [-0.15, -0.1) is 10.2 Å². The smallest absolute Gasteiger partial charge is 0.196 e. The largest absolute Gasteiger partial charge is 0.384 e. The van der Waals surface area contributed by atoms with Crippen LogP contribution in [0.3, 0.4) is 0 Å². The Morgan fingerprint density at radius 3 is 2.71 bits per heavy atom. The highest BCUT2D eigenvalue weighted by Crippen LogP contribution is 2.31.